The Kier molecular flexibility index (Phi) is 6.00. The van der Waals surface area contributed by atoms with E-state index in [1.807, 2.05) is 20.8 Å². The van der Waals surface area contributed by atoms with Crippen molar-refractivity contribution in [3.05, 3.63) is 24.3 Å². The molecule has 5 nitrogen and oxygen atoms in total. The molecule has 0 aromatic heterocycles. The zero-order chi connectivity index (χ0) is 16.9. The summed E-state index contributed by atoms with van der Waals surface area (Å²) < 4.78 is 16.3. The van der Waals surface area contributed by atoms with Crippen molar-refractivity contribution in [3.8, 4) is 11.8 Å². The number of aliphatic hydroxyl groups is 1. The number of ether oxygens (including phenoxy) is 3. The maximum Gasteiger partial charge on any atom is 0.311 e. The van der Waals surface area contributed by atoms with Crippen molar-refractivity contribution >= 4 is 5.97 Å². The average molecular weight is 320 g/mol. The standard InChI is InChI=1S/C18H24O5/c1-18(2,3)17(20)23-14-10-9-13(22-12-14)6-4-8-16-15(19)7-5-11-21-16/h5,7,9-10,13-16,19H,8,11-12H2,1-3H3/t13-,14-,15+,16-/m1/s1. The highest BCUT2D eigenvalue weighted by molar-refractivity contribution is 5.75. The minimum atomic E-state index is -0.609. The Morgan fingerprint density at radius 3 is 2.70 bits per heavy atom. The molecular formula is C18H24O5. The smallest absolute Gasteiger partial charge is 0.311 e. The van der Waals surface area contributed by atoms with Crippen LogP contribution in [0.3, 0.4) is 0 Å². The van der Waals surface area contributed by atoms with Gasteiger partial charge in [0.05, 0.1) is 30.8 Å². The lowest BCUT2D eigenvalue weighted by molar-refractivity contribution is -0.159. The first-order chi connectivity index (χ1) is 10.9. The van der Waals surface area contributed by atoms with Gasteiger partial charge in [-0.1, -0.05) is 24.0 Å². The third-order valence-electron chi connectivity index (χ3n) is 3.48. The second-order valence-corrected chi connectivity index (χ2v) is 6.65. The number of carbonyl (C=O) groups excluding carboxylic acids is 1. The van der Waals surface area contributed by atoms with E-state index in [9.17, 15) is 9.90 Å². The van der Waals surface area contributed by atoms with Gasteiger partial charge in [0.25, 0.3) is 0 Å². The summed E-state index contributed by atoms with van der Waals surface area (Å²) in [5.74, 6) is 5.71. The van der Waals surface area contributed by atoms with Crippen molar-refractivity contribution in [1.29, 1.82) is 0 Å². The first-order valence-corrected chi connectivity index (χ1v) is 7.82. The van der Waals surface area contributed by atoms with E-state index in [-0.39, 0.29) is 24.3 Å². The molecule has 2 heterocycles. The highest BCUT2D eigenvalue weighted by Gasteiger charge is 2.27. The van der Waals surface area contributed by atoms with Crippen LogP contribution >= 0.6 is 0 Å². The molecule has 5 heteroatoms. The lowest BCUT2D eigenvalue weighted by Gasteiger charge is -2.25. The van der Waals surface area contributed by atoms with Crippen molar-refractivity contribution in [2.45, 2.75) is 51.6 Å². The first-order valence-electron chi connectivity index (χ1n) is 7.82. The Morgan fingerprint density at radius 2 is 2.09 bits per heavy atom. The normalized spacial score (nSPS) is 30.4. The zero-order valence-electron chi connectivity index (χ0n) is 13.8. The third-order valence-corrected chi connectivity index (χ3v) is 3.48. The zero-order valence-corrected chi connectivity index (χ0v) is 13.8. The van der Waals surface area contributed by atoms with Gasteiger partial charge in [-0.3, -0.25) is 4.79 Å². The number of esters is 1. The van der Waals surface area contributed by atoms with Gasteiger partial charge in [0.2, 0.25) is 0 Å². The van der Waals surface area contributed by atoms with Gasteiger partial charge >= 0.3 is 5.97 Å². The molecule has 0 radical (unpaired) electrons. The highest BCUT2D eigenvalue weighted by Crippen LogP contribution is 2.18. The van der Waals surface area contributed by atoms with E-state index in [1.165, 1.54) is 0 Å². The van der Waals surface area contributed by atoms with Crippen LogP contribution in [-0.2, 0) is 19.0 Å². The van der Waals surface area contributed by atoms with Gasteiger partial charge in [-0.15, -0.1) is 0 Å². The predicted molar refractivity (Wildman–Crippen MR) is 85.5 cm³/mol. The molecule has 0 spiro atoms. The van der Waals surface area contributed by atoms with Crippen molar-refractivity contribution < 1.29 is 24.1 Å². The van der Waals surface area contributed by atoms with Crippen LogP contribution in [0.4, 0.5) is 0 Å². The van der Waals surface area contributed by atoms with Crippen molar-refractivity contribution in [2.75, 3.05) is 13.2 Å². The molecule has 4 atom stereocenters. The Bertz CT molecular complexity index is 532. The van der Waals surface area contributed by atoms with E-state index < -0.39 is 11.5 Å². The molecule has 0 aliphatic carbocycles. The number of hydrogen-bond acceptors (Lipinski definition) is 5. The van der Waals surface area contributed by atoms with Gasteiger partial charge < -0.3 is 19.3 Å². The molecule has 2 rings (SSSR count). The fourth-order valence-electron chi connectivity index (χ4n) is 2.05. The summed E-state index contributed by atoms with van der Waals surface area (Å²) >= 11 is 0. The van der Waals surface area contributed by atoms with Gasteiger partial charge in [0, 0.05) is 6.42 Å². The van der Waals surface area contributed by atoms with Crippen LogP contribution in [0, 0.1) is 17.3 Å². The van der Waals surface area contributed by atoms with Crippen LogP contribution in [0.1, 0.15) is 27.2 Å². The fourth-order valence-corrected chi connectivity index (χ4v) is 2.05. The second kappa shape index (κ2) is 7.78. The molecule has 0 bridgehead atoms. The van der Waals surface area contributed by atoms with E-state index in [1.54, 1.807) is 24.3 Å². The lowest BCUT2D eigenvalue weighted by Crippen LogP contribution is -2.33. The summed E-state index contributed by atoms with van der Waals surface area (Å²) in [6, 6.07) is 0. The molecule has 126 valence electrons. The van der Waals surface area contributed by atoms with Gasteiger partial charge in [0.15, 0.2) is 0 Å². The van der Waals surface area contributed by atoms with Gasteiger partial charge in [-0.25, -0.2) is 0 Å². The van der Waals surface area contributed by atoms with E-state index in [4.69, 9.17) is 14.2 Å². The maximum atomic E-state index is 11.8. The SMILES string of the molecule is CC(C)(C)C(=O)O[C@@H]1C=C[C@@H](C#CC[C@H]2OCC=C[C@@H]2O)OC1. The van der Waals surface area contributed by atoms with E-state index in [0.717, 1.165) is 0 Å². The number of carbonyl (C=O) groups is 1. The maximum absolute atomic E-state index is 11.8. The van der Waals surface area contributed by atoms with Crippen molar-refractivity contribution in [2.24, 2.45) is 5.41 Å². The molecule has 0 aromatic carbocycles. The Morgan fingerprint density at radius 1 is 1.30 bits per heavy atom. The summed E-state index contributed by atoms with van der Waals surface area (Å²) in [5, 5.41) is 9.72. The summed E-state index contributed by atoms with van der Waals surface area (Å²) in [4.78, 5) is 11.8. The molecule has 0 saturated heterocycles. The largest absolute Gasteiger partial charge is 0.455 e. The van der Waals surface area contributed by atoms with Crippen LogP contribution in [-0.4, -0.2) is 48.7 Å². The summed E-state index contributed by atoms with van der Waals surface area (Å²) in [5.41, 5.74) is -0.528. The predicted octanol–water partition coefficient (Wildman–Crippen LogP) is 1.61. The number of hydrogen-bond donors (Lipinski definition) is 1. The molecule has 2 aliphatic heterocycles. The van der Waals surface area contributed by atoms with Crippen LogP contribution < -0.4 is 0 Å². The van der Waals surface area contributed by atoms with Gasteiger partial charge in [-0.05, 0) is 32.9 Å². The van der Waals surface area contributed by atoms with Crippen LogP contribution in [0.25, 0.3) is 0 Å². The molecule has 0 saturated carbocycles. The van der Waals surface area contributed by atoms with Crippen molar-refractivity contribution in [1.82, 2.24) is 0 Å². The summed E-state index contributed by atoms with van der Waals surface area (Å²) in [6.45, 7) is 6.24. The van der Waals surface area contributed by atoms with E-state index in [0.29, 0.717) is 19.6 Å². The molecule has 0 fully saturated rings. The summed E-state index contributed by atoms with van der Waals surface area (Å²) in [7, 11) is 0. The third kappa shape index (κ3) is 5.51. The van der Waals surface area contributed by atoms with Gasteiger partial charge in [-0.2, -0.15) is 0 Å². The van der Waals surface area contributed by atoms with Crippen molar-refractivity contribution in [3.63, 3.8) is 0 Å². The molecule has 0 amide bonds. The molecule has 2 aliphatic rings. The highest BCUT2D eigenvalue weighted by atomic mass is 16.6. The number of rotatable bonds is 2. The lowest BCUT2D eigenvalue weighted by atomic mass is 9.97. The average Bonchev–Trinajstić information content (AvgIpc) is 2.50. The van der Waals surface area contributed by atoms with E-state index >= 15 is 0 Å². The molecule has 0 unspecified atom stereocenters. The minimum absolute atomic E-state index is 0.253. The Hall–Kier alpha value is -1.61. The van der Waals surface area contributed by atoms with E-state index in [2.05, 4.69) is 11.8 Å². The quantitative estimate of drug-likeness (QED) is 0.476. The topological polar surface area (TPSA) is 65.0 Å². The van der Waals surface area contributed by atoms with Crippen LogP contribution in [0.5, 0.6) is 0 Å². The minimum Gasteiger partial charge on any atom is -0.455 e. The monoisotopic (exact) mass is 320 g/mol. The Labute approximate surface area is 137 Å². The van der Waals surface area contributed by atoms with Crippen LogP contribution in [0.2, 0.25) is 0 Å². The molecule has 0 aromatic rings. The Balaban J connectivity index is 1.80. The fraction of sp³-hybridized carbons (Fsp3) is 0.611. The summed E-state index contributed by atoms with van der Waals surface area (Å²) in [6.07, 6.45) is 5.96. The second-order valence-electron chi connectivity index (χ2n) is 6.65. The first kappa shape index (κ1) is 17.7. The molecular weight excluding hydrogens is 296 g/mol. The van der Waals surface area contributed by atoms with Crippen LogP contribution in [0.15, 0.2) is 24.3 Å². The van der Waals surface area contributed by atoms with Gasteiger partial charge in [0.1, 0.15) is 12.2 Å². The number of aliphatic hydroxyl groups excluding tert-OH is 1. The molecule has 23 heavy (non-hydrogen) atoms. The molecule has 1 N–H and O–H groups in total.